The van der Waals surface area contributed by atoms with E-state index in [-0.39, 0.29) is 5.91 Å². The summed E-state index contributed by atoms with van der Waals surface area (Å²) in [6.45, 7) is 5.82. The molecule has 0 unspecified atom stereocenters. The summed E-state index contributed by atoms with van der Waals surface area (Å²) < 4.78 is 4.87. The first-order chi connectivity index (χ1) is 12.5. The molecule has 0 atom stereocenters. The van der Waals surface area contributed by atoms with Gasteiger partial charge in [0.05, 0.1) is 18.8 Å². The molecular weight excluding hydrogens is 352 g/mol. The Labute approximate surface area is 156 Å². The van der Waals surface area contributed by atoms with Gasteiger partial charge in [-0.3, -0.25) is 15.0 Å². The van der Waals surface area contributed by atoms with Crippen LogP contribution < -0.4 is 10.6 Å². The quantitative estimate of drug-likeness (QED) is 0.840. The summed E-state index contributed by atoms with van der Waals surface area (Å²) in [6, 6.07) is 7.74. The third-order valence-corrected chi connectivity index (χ3v) is 5.00. The fourth-order valence-electron chi connectivity index (χ4n) is 2.73. The summed E-state index contributed by atoms with van der Waals surface area (Å²) in [4.78, 5) is 31.4. The van der Waals surface area contributed by atoms with E-state index in [1.807, 2.05) is 31.2 Å². The van der Waals surface area contributed by atoms with Crippen LogP contribution in [0.2, 0.25) is 0 Å². The highest BCUT2D eigenvalue weighted by molar-refractivity contribution is 7.15. The third kappa shape index (κ3) is 4.80. The number of carbonyl (C=O) groups is 2. The Hall–Kier alpha value is -2.45. The Balaban J connectivity index is 1.54. The molecule has 3 rings (SSSR count). The second-order valence-corrected chi connectivity index (χ2v) is 7.19. The third-order valence-electron chi connectivity index (χ3n) is 4.00. The number of aryl methyl sites for hydroxylation is 1. The van der Waals surface area contributed by atoms with E-state index in [0.29, 0.717) is 24.8 Å². The first-order valence-corrected chi connectivity index (χ1v) is 9.36. The highest BCUT2D eigenvalue weighted by Gasteiger charge is 2.23. The van der Waals surface area contributed by atoms with Crippen molar-refractivity contribution in [2.75, 3.05) is 30.3 Å². The van der Waals surface area contributed by atoms with E-state index < -0.39 is 6.09 Å². The zero-order valence-electron chi connectivity index (χ0n) is 14.9. The van der Waals surface area contributed by atoms with Crippen molar-refractivity contribution < 1.29 is 14.3 Å². The molecule has 2 aromatic rings. The molecule has 0 spiro atoms. The first kappa shape index (κ1) is 18.3. The number of nitrogens with zero attached hydrogens (tertiary/aromatic N) is 2. The molecule has 1 aromatic heterocycles. The Kier molecular flexibility index (Phi) is 5.85. The lowest BCUT2D eigenvalue weighted by atomic mass is 10.2. The molecule has 0 aliphatic carbocycles. The van der Waals surface area contributed by atoms with E-state index >= 15 is 0 Å². The van der Waals surface area contributed by atoms with Crippen molar-refractivity contribution in [2.24, 2.45) is 0 Å². The van der Waals surface area contributed by atoms with Gasteiger partial charge in [-0.2, -0.15) is 0 Å². The number of anilines is 2. The lowest BCUT2D eigenvalue weighted by Gasteiger charge is -2.25. The summed E-state index contributed by atoms with van der Waals surface area (Å²) in [7, 11) is 0. The van der Waals surface area contributed by atoms with Gasteiger partial charge in [-0.15, -0.1) is 0 Å². The van der Waals surface area contributed by atoms with Crippen LogP contribution >= 0.6 is 11.3 Å². The van der Waals surface area contributed by atoms with Crippen LogP contribution in [0.3, 0.4) is 0 Å². The Bertz CT molecular complexity index is 788. The molecular formula is C18H22N4O3S. The molecule has 1 aliphatic rings. The van der Waals surface area contributed by atoms with Gasteiger partial charge in [0.1, 0.15) is 0 Å². The molecule has 8 heteroatoms. The normalized spacial score (nSPS) is 13.8. The highest BCUT2D eigenvalue weighted by Crippen LogP contribution is 2.28. The molecule has 0 fully saturated rings. The van der Waals surface area contributed by atoms with Gasteiger partial charge in [-0.1, -0.05) is 29.0 Å². The summed E-state index contributed by atoms with van der Waals surface area (Å²) >= 11 is 1.43. The predicted octanol–water partition coefficient (Wildman–Crippen LogP) is 3.02. The number of fused-ring (bicyclic) bond motifs is 1. The van der Waals surface area contributed by atoms with Crippen LogP contribution in [-0.2, 0) is 22.5 Å². The molecule has 1 aliphatic heterocycles. The first-order valence-electron chi connectivity index (χ1n) is 8.54. The number of aromatic nitrogens is 1. The summed E-state index contributed by atoms with van der Waals surface area (Å²) in [6.07, 6.45) is 0.265. The predicted molar refractivity (Wildman–Crippen MR) is 102 cm³/mol. The molecule has 2 amide bonds. The number of hydrogen-bond acceptors (Lipinski definition) is 6. The molecule has 1 aromatic carbocycles. The van der Waals surface area contributed by atoms with Gasteiger partial charge in [-0.25, -0.2) is 9.78 Å². The molecule has 2 N–H and O–H groups in total. The number of ether oxygens (including phenoxy) is 1. The maximum Gasteiger partial charge on any atom is 0.413 e. The maximum absolute atomic E-state index is 12.3. The average molecular weight is 374 g/mol. The zero-order chi connectivity index (χ0) is 18.5. The number of rotatable bonds is 5. The molecule has 26 heavy (non-hydrogen) atoms. The fourth-order valence-corrected chi connectivity index (χ4v) is 3.77. The number of amides is 2. The SMILES string of the molecule is CCOC(=O)Nc1nc2c(s1)CN(CC(=O)Nc1ccc(C)cc1)CC2. The molecule has 0 bridgehead atoms. The van der Waals surface area contributed by atoms with Crippen LogP contribution in [0.4, 0.5) is 15.6 Å². The minimum Gasteiger partial charge on any atom is -0.450 e. The van der Waals surface area contributed by atoms with Crippen molar-refractivity contribution in [3.8, 4) is 0 Å². The fraction of sp³-hybridized carbons (Fsp3) is 0.389. The Morgan fingerprint density at radius 1 is 1.27 bits per heavy atom. The van der Waals surface area contributed by atoms with E-state index in [1.54, 1.807) is 6.92 Å². The smallest absolute Gasteiger partial charge is 0.413 e. The van der Waals surface area contributed by atoms with Crippen molar-refractivity contribution in [3.05, 3.63) is 40.4 Å². The standard InChI is InChI=1S/C18H22N4O3S/c1-3-25-18(24)21-17-20-14-8-9-22(10-15(14)26-17)11-16(23)19-13-6-4-12(2)5-7-13/h4-7H,3,8-11H2,1-2H3,(H,19,23)(H,20,21,24). The van der Waals surface area contributed by atoms with Crippen molar-refractivity contribution >= 4 is 34.2 Å². The second kappa shape index (κ2) is 8.29. The van der Waals surface area contributed by atoms with Crippen LogP contribution in [0, 0.1) is 6.92 Å². The van der Waals surface area contributed by atoms with E-state index in [9.17, 15) is 9.59 Å². The lowest BCUT2D eigenvalue weighted by Crippen LogP contribution is -2.36. The summed E-state index contributed by atoms with van der Waals surface area (Å²) in [5, 5.41) is 6.10. The molecule has 0 saturated carbocycles. The molecule has 2 heterocycles. The second-order valence-electron chi connectivity index (χ2n) is 6.11. The van der Waals surface area contributed by atoms with Crippen molar-refractivity contribution in [1.82, 2.24) is 9.88 Å². The number of hydrogen-bond donors (Lipinski definition) is 2. The van der Waals surface area contributed by atoms with Crippen LogP contribution in [0.1, 0.15) is 23.1 Å². The van der Waals surface area contributed by atoms with Gasteiger partial charge >= 0.3 is 6.09 Å². The maximum atomic E-state index is 12.3. The van der Waals surface area contributed by atoms with E-state index in [1.165, 1.54) is 11.3 Å². The van der Waals surface area contributed by atoms with Gasteiger partial charge in [0, 0.05) is 30.1 Å². The monoisotopic (exact) mass is 374 g/mol. The van der Waals surface area contributed by atoms with Gasteiger partial charge in [0.25, 0.3) is 0 Å². The summed E-state index contributed by atoms with van der Waals surface area (Å²) in [5.74, 6) is -0.0355. The van der Waals surface area contributed by atoms with Crippen LogP contribution in [0.25, 0.3) is 0 Å². The van der Waals surface area contributed by atoms with Crippen molar-refractivity contribution in [1.29, 1.82) is 0 Å². The molecule has 138 valence electrons. The summed E-state index contributed by atoms with van der Waals surface area (Å²) in [5.41, 5.74) is 2.94. The number of carbonyl (C=O) groups excluding carboxylic acids is 2. The minimum absolute atomic E-state index is 0.0355. The minimum atomic E-state index is -0.493. The van der Waals surface area contributed by atoms with E-state index in [4.69, 9.17) is 4.74 Å². The van der Waals surface area contributed by atoms with Crippen LogP contribution in [0.15, 0.2) is 24.3 Å². The van der Waals surface area contributed by atoms with E-state index in [0.717, 1.165) is 34.8 Å². The Morgan fingerprint density at radius 3 is 2.77 bits per heavy atom. The van der Waals surface area contributed by atoms with Crippen molar-refractivity contribution in [3.63, 3.8) is 0 Å². The van der Waals surface area contributed by atoms with Crippen molar-refractivity contribution in [2.45, 2.75) is 26.8 Å². The van der Waals surface area contributed by atoms with Gasteiger partial charge < -0.3 is 10.1 Å². The number of nitrogens with one attached hydrogen (secondary N) is 2. The van der Waals surface area contributed by atoms with Gasteiger partial charge in [0.2, 0.25) is 5.91 Å². The van der Waals surface area contributed by atoms with Gasteiger partial charge in [0.15, 0.2) is 5.13 Å². The average Bonchev–Trinajstić information content (AvgIpc) is 2.98. The Morgan fingerprint density at radius 2 is 2.04 bits per heavy atom. The topological polar surface area (TPSA) is 83.6 Å². The highest BCUT2D eigenvalue weighted by atomic mass is 32.1. The number of benzene rings is 1. The lowest BCUT2D eigenvalue weighted by molar-refractivity contribution is -0.117. The zero-order valence-corrected chi connectivity index (χ0v) is 15.7. The van der Waals surface area contributed by atoms with Gasteiger partial charge in [-0.05, 0) is 26.0 Å². The number of thiazole rings is 1. The molecule has 0 radical (unpaired) electrons. The molecule has 7 nitrogen and oxygen atoms in total. The molecule has 0 saturated heterocycles. The van der Waals surface area contributed by atoms with Crippen LogP contribution in [0.5, 0.6) is 0 Å². The largest absolute Gasteiger partial charge is 0.450 e. The van der Waals surface area contributed by atoms with E-state index in [2.05, 4.69) is 20.5 Å². The van der Waals surface area contributed by atoms with Crippen LogP contribution in [-0.4, -0.2) is 41.6 Å².